The molecule has 2 aromatic heterocycles. The standard InChI is InChI=1S/C22H25N3O5/c1-15-20-12-21(19(22(23)26)13-25(20)14-24-15)30-18-4-2-16(3-5-18)28-10-11-29-17-6-8-27-9-7-17/h2-5,12-14,17H,6-11H2,1H3,(H2,23,26). The Morgan fingerprint density at radius 1 is 1.20 bits per heavy atom. The fourth-order valence-electron chi connectivity index (χ4n) is 3.37. The van der Waals surface area contributed by atoms with E-state index in [1.54, 1.807) is 35.1 Å². The van der Waals surface area contributed by atoms with Gasteiger partial charge in [0.1, 0.15) is 23.9 Å². The van der Waals surface area contributed by atoms with Gasteiger partial charge in [-0.2, -0.15) is 0 Å². The summed E-state index contributed by atoms with van der Waals surface area (Å²) in [6.45, 7) is 4.42. The molecule has 0 bridgehead atoms. The summed E-state index contributed by atoms with van der Waals surface area (Å²) in [6.07, 6.45) is 5.39. The number of aryl methyl sites for hydroxylation is 1. The number of nitrogens with two attached hydrogens (primary N) is 1. The Hall–Kier alpha value is -3.10. The lowest BCUT2D eigenvalue weighted by molar-refractivity contribution is -0.0388. The number of amides is 1. The highest BCUT2D eigenvalue weighted by molar-refractivity contribution is 5.96. The molecule has 0 unspecified atom stereocenters. The fraction of sp³-hybridized carbons (Fsp3) is 0.364. The van der Waals surface area contributed by atoms with Crippen LogP contribution < -0.4 is 15.2 Å². The van der Waals surface area contributed by atoms with Gasteiger partial charge in [-0.15, -0.1) is 0 Å². The minimum atomic E-state index is -0.567. The maximum atomic E-state index is 11.8. The van der Waals surface area contributed by atoms with Crippen LogP contribution in [0.3, 0.4) is 0 Å². The van der Waals surface area contributed by atoms with Crippen molar-refractivity contribution in [2.45, 2.75) is 25.9 Å². The molecule has 30 heavy (non-hydrogen) atoms. The highest BCUT2D eigenvalue weighted by Crippen LogP contribution is 2.29. The molecule has 3 aromatic rings. The number of benzene rings is 1. The molecule has 1 aliphatic rings. The van der Waals surface area contributed by atoms with E-state index >= 15 is 0 Å². The van der Waals surface area contributed by atoms with Crippen LogP contribution >= 0.6 is 0 Å². The predicted octanol–water partition coefficient (Wildman–Crippen LogP) is 3.11. The van der Waals surface area contributed by atoms with Crippen LogP contribution in [0.15, 0.2) is 42.9 Å². The third-order valence-electron chi connectivity index (χ3n) is 5.02. The van der Waals surface area contributed by atoms with Crippen LogP contribution in [0.2, 0.25) is 0 Å². The van der Waals surface area contributed by atoms with Gasteiger partial charge < -0.3 is 29.1 Å². The van der Waals surface area contributed by atoms with E-state index < -0.39 is 5.91 Å². The number of fused-ring (bicyclic) bond motifs is 1. The largest absolute Gasteiger partial charge is 0.491 e. The Labute approximate surface area is 174 Å². The first-order valence-corrected chi connectivity index (χ1v) is 9.97. The second-order valence-electron chi connectivity index (χ2n) is 7.14. The molecule has 1 aromatic carbocycles. The molecule has 1 saturated heterocycles. The summed E-state index contributed by atoms with van der Waals surface area (Å²) in [4.78, 5) is 16.1. The van der Waals surface area contributed by atoms with Crippen molar-refractivity contribution in [3.05, 3.63) is 54.1 Å². The molecule has 3 heterocycles. The van der Waals surface area contributed by atoms with Crippen molar-refractivity contribution < 1.29 is 23.7 Å². The minimum absolute atomic E-state index is 0.259. The van der Waals surface area contributed by atoms with Gasteiger partial charge in [-0.1, -0.05) is 0 Å². The summed E-state index contributed by atoms with van der Waals surface area (Å²) < 4.78 is 24.5. The molecule has 1 amide bonds. The van der Waals surface area contributed by atoms with E-state index in [2.05, 4.69) is 4.98 Å². The number of carbonyl (C=O) groups is 1. The quantitative estimate of drug-likeness (QED) is 0.572. The first kappa shape index (κ1) is 20.2. The first-order valence-electron chi connectivity index (χ1n) is 9.97. The van der Waals surface area contributed by atoms with E-state index in [0.29, 0.717) is 24.7 Å². The van der Waals surface area contributed by atoms with E-state index in [1.165, 1.54) is 0 Å². The Morgan fingerprint density at radius 3 is 2.67 bits per heavy atom. The van der Waals surface area contributed by atoms with Crippen molar-refractivity contribution >= 4 is 11.4 Å². The van der Waals surface area contributed by atoms with Gasteiger partial charge in [-0.3, -0.25) is 4.79 Å². The number of ether oxygens (including phenoxy) is 4. The number of aromatic nitrogens is 2. The van der Waals surface area contributed by atoms with E-state index in [4.69, 9.17) is 24.7 Å². The third-order valence-corrected chi connectivity index (χ3v) is 5.02. The Kier molecular flexibility index (Phi) is 6.15. The lowest BCUT2D eigenvalue weighted by atomic mass is 10.2. The molecular formula is C22H25N3O5. The topological polar surface area (TPSA) is 97.3 Å². The van der Waals surface area contributed by atoms with E-state index in [-0.39, 0.29) is 11.7 Å². The van der Waals surface area contributed by atoms with Gasteiger partial charge in [0, 0.05) is 25.5 Å². The Bertz CT molecular complexity index is 1010. The molecule has 1 fully saturated rings. The molecule has 158 valence electrons. The number of pyridine rings is 1. The highest BCUT2D eigenvalue weighted by atomic mass is 16.5. The number of imidazole rings is 1. The Morgan fingerprint density at radius 2 is 1.93 bits per heavy atom. The van der Waals surface area contributed by atoms with Crippen LogP contribution in [0.25, 0.3) is 5.52 Å². The zero-order valence-corrected chi connectivity index (χ0v) is 16.9. The highest BCUT2D eigenvalue weighted by Gasteiger charge is 2.15. The number of hydrogen-bond acceptors (Lipinski definition) is 6. The van der Waals surface area contributed by atoms with Crippen LogP contribution in [0.5, 0.6) is 17.2 Å². The number of primary amides is 1. The van der Waals surface area contributed by atoms with Gasteiger partial charge in [0.05, 0.1) is 35.8 Å². The van der Waals surface area contributed by atoms with E-state index in [1.807, 2.05) is 19.1 Å². The SMILES string of the molecule is Cc1ncn2cc(C(N)=O)c(Oc3ccc(OCCOC4CCOCC4)cc3)cc12. The van der Waals surface area contributed by atoms with Crippen LogP contribution in [-0.2, 0) is 9.47 Å². The van der Waals surface area contributed by atoms with Crippen LogP contribution in [-0.4, -0.2) is 47.8 Å². The van der Waals surface area contributed by atoms with Gasteiger partial charge in [-0.25, -0.2) is 4.98 Å². The monoisotopic (exact) mass is 411 g/mol. The van der Waals surface area contributed by atoms with Gasteiger partial charge in [-0.05, 0) is 44.0 Å². The Balaban J connectivity index is 1.36. The van der Waals surface area contributed by atoms with Crippen molar-refractivity contribution in [2.24, 2.45) is 5.73 Å². The van der Waals surface area contributed by atoms with Crippen LogP contribution in [0, 0.1) is 6.92 Å². The summed E-state index contributed by atoms with van der Waals surface area (Å²) in [5, 5.41) is 0. The van der Waals surface area contributed by atoms with Crippen molar-refractivity contribution in [3.8, 4) is 17.2 Å². The zero-order valence-electron chi connectivity index (χ0n) is 16.9. The van der Waals surface area contributed by atoms with Crippen molar-refractivity contribution in [1.29, 1.82) is 0 Å². The van der Waals surface area contributed by atoms with Crippen molar-refractivity contribution in [2.75, 3.05) is 26.4 Å². The molecule has 0 atom stereocenters. The molecule has 8 nitrogen and oxygen atoms in total. The number of nitrogens with zero attached hydrogens (tertiary/aromatic N) is 2. The second kappa shape index (κ2) is 9.15. The van der Waals surface area contributed by atoms with Gasteiger partial charge in [0.15, 0.2) is 0 Å². The number of rotatable bonds is 8. The van der Waals surface area contributed by atoms with E-state index in [0.717, 1.165) is 43.0 Å². The maximum Gasteiger partial charge on any atom is 0.254 e. The van der Waals surface area contributed by atoms with Gasteiger partial charge >= 0.3 is 0 Å². The maximum absolute atomic E-state index is 11.8. The van der Waals surface area contributed by atoms with Crippen molar-refractivity contribution in [3.63, 3.8) is 0 Å². The normalized spacial score (nSPS) is 14.7. The summed E-state index contributed by atoms with van der Waals surface area (Å²) in [5.74, 6) is 1.11. The number of hydrogen-bond donors (Lipinski definition) is 1. The van der Waals surface area contributed by atoms with Gasteiger partial charge in [0.2, 0.25) is 0 Å². The lowest BCUT2D eigenvalue weighted by Gasteiger charge is -2.22. The number of carbonyl (C=O) groups excluding carboxylic acids is 1. The summed E-state index contributed by atoms with van der Waals surface area (Å²) in [7, 11) is 0. The molecule has 4 rings (SSSR count). The fourth-order valence-corrected chi connectivity index (χ4v) is 3.37. The smallest absolute Gasteiger partial charge is 0.254 e. The molecule has 0 radical (unpaired) electrons. The minimum Gasteiger partial charge on any atom is -0.491 e. The molecule has 2 N–H and O–H groups in total. The lowest BCUT2D eigenvalue weighted by Crippen LogP contribution is -2.25. The molecule has 0 saturated carbocycles. The molecule has 0 spiro atoms. The van der Waals surface area contributed by atoms with Crippen molar-refractivity contribution in [1.82, 2.24) is 9.38 Å². The average Bonchev–Trinajstić information content (AvgIpc) is 3.12. The van der Waals surface area contributed by atoms with E-state index in [9.17, 15) is 4.79 Å². The molecule has 1 aliphatic heterocycles. The summed E-state index contributed by atoms with van der Waals surface area (Å²) >= 11 is 0. The third kappa shape index (κ3) is 4.72. The first-order chi connectivity index (χ1) is 14.6. The average molecular weight is 411 g/mol. The zero-order chi connectivity index (χ0) is 20.9. The predicted molar refractivity (Wildman–Crippen MR) is 110 cm³/mol. The summed E-state index contributed by atoms with van der Waals surface area (Å²) in [5.41, 5.74) is 7.49. The molecule has 8 heteroatoms. The summed E-state index contributed by atoms with van der Waals surface area (Å²) in [6, 6.07) is 8.97. The molecular weight excluding hydrogens is 386 g/mol. The van der Waals surface area contributed by atoms with Crippen LogP contribution in [0.1, 0.15) is 28.9 Å². The van der Waals surface area contributed by atoms with Crippen LogP contribution in [0.4, 0.5) is 0 Å². The van der Waals surface area contributed by atoms with Gasteiger partial charge in [0.25, 0.3) is 5.91 Å². The molecule has 0 aliphatic carbocycles. The second-order valence-corrected chi connectivity index (χ2v) is 7.14.